The summed E-state index contributed by atoms with van der Waals surface area (Å²) in [7, 11) is 1.61. The highest BCUT2D eigenvalue weighted by molar-refractivity contribution is 5.86. The number of carbonyl (C=O) groups excluding carboxylic acids is 2. The minimum Gasteiger partial charge on any atom is -0.497 e. The summed E-state index contributed by atoms with van der Waals surface area (Å²) in [5.74, 6) is -0.0862. The van der Waals surface area contributed by atoms with Crippen molar-refractivity contribution < 1.29 is 23.6 Å². The van der Waals surface area contributed by atoms with E-state index in [4.69, 9.17) is 14.0 Å². The molecule has 2 aromatic carbocycles. The number of hydrogen-bond donors (Lipinski definition) is 1. The summed E-state index contributed by atoms with van der Waals surface area (Å²) in [4.78, 5) is 24.3. The molecule has 0 aliphatic carbocycles. The minimum atomic E-state index is -0.887. The Kier molecular flexibility index (Phi) is 6.26. The maximum atomic E-state index is 12.1. The Bertz CT molecular complexity index is 949. The average molecular weight is 382 g/mol. The summed E-state index contributed by atoms with van der Waals surface area (Å²) in [6.07, 6.45) is -0.275. The Hall–Kier alpha value is -3.35. The Labute approximate surface area is 162 Å². The Morgan fingerprint density at radius 2 is 1.89 bits per heavy atom. The van der Waals surface area contributed by atoms with Gasteiger partial charge in [0.15, 0.2) is 11.7 Å². The third kappa shape index (κ3) is 4.88. The molecule has 0 radical (unpaired) electrons. The van der Waals surface area contributed by atoms with Gasteiger partial charge >= 0.3 is 5.97 Å². The summed E-state index contributed by atoms with van der Waals surface area (Å²) in [6.45, 7) is 1.99. The first-order chi connectivity index (χ1) is 13.6. The van der Waals surface area contributed by atoms with Crippen molar-refractivity contribution >= 4 is 22.8 Å². The fourth-order valence-electron chi connectivity index (χ4n) is 2.76. The lowest BCUT2D eigenvalue weighted by molar-refractivity contribution is -0.154. The van der Waals surface area contributed by atoms with Crippen molar-refractivity contribution in [3.8, 4) is 5.75 Å². The van der Waals surface area contributed by atoms with Gasteiger partial charge in [0, 0.05) is 11.9 Å². The molecule has 1 heterocycles. The van der Waals surface area contributed by atoms with Crippen molar-refractivity contribution in [1.82, 2.24) is 10.5 Å². The molecular weight excluding hydrogens is 360 g/mol. The van der Waals surface area contributed by atoms with Gasteiger partial charge in [-0.15, -0.1) is 0 Å². The molecule has 3 rings (SSSR count). The summed E-state index contributed by atoms with van der Waals surface area (Å²) >= 11 is 0. The van der Waals surface area contributed by atoms with Crippen LogP contribution in [0.15, 0.2) is 53.1 Å². The lowest BCUT2D eigenvalue weighted by Crippen LogP contribution is -2.37. The lowest BCUT2D eigenvalue weighted by atomic mass is 10.1. The first kappa shape index (κ1) is 19.4. The second-order valence-electron chi connectivity index (χ2n) is 6.32. The zero-order valence-electron chi connectivity index (χ0n) is 15.8. The van der Waals surface area contributed by atoms with E-state index in [1.807, 2.05) is 42.5 Å². The van der Waals surface area contributed by atoms with Crippen molar-refractivity contribution in [2.75, 3.05) is 13.7 Å². The van der Waals surface area contributed by atoms with Crippen LogP contribution >= 0.6 is 0 Å². The largest absolute Gasteiger partial charge is 0.497 e. The summed E-state index contributed by atoms with van der Waals surface area (Å²) in [6, 6.07) is 14.9. The molecule has 0 saturated carbocycles. The number of methoxy groups -OCH3 is 1. The average Bonchev–Trinajstić information content (AvgIpc) is 3.11. The molecule has 146 valence electrons. The Morgan fingerprint density at radius 1 is 1.14 bits per heavy atom. The minimum absolute atomic E-state index is 0.0551. The number of benzene rings is 2. The molecule has 1 aromatic heterocycles. The maximum absolute atomic E-state index is 12.1. The molecule has 7 nitrogen and oxygen atoms in total. The standard InChI is InChI=1S/C21H22N2O5/c1-14(21(25)22-12-11-15-7-9-16(26-2)10-8-15)27-20(24)13-18-17-5-3-4-6-19(17)28-23-18/h3-10,14H,11-13H2,1-2H3,(H,22,25)/t14-/m0/s1. The third-order valence-corrected chi connectivity index (χ3v) is 4.31. The number of rotatable bonds is 8. The van der Waals surface area contributed by atoms with Gasteiger partial charge in [-0.05, 0) is 43.2 Å². The summed E-state index contributed by atoms with van der Waals surface area (Å²) < 4.78 is 15.5. The quantitative estimate of drug-likeness (QED) is 0.603. The van der Waals surface area contributed by atoms with Gasteiger partial charge < -0.3 is 19.3 Å². The smallest absolute Gasteiger partial charge is 0.312 e. The van der Waals surface area contributed by atoms with Gasteiger partial charge in [-0.1, -0.05) is 29.4 Å². The number of nitrogens with zero attached hydrogens (tertiary/aromatic N) is 1. The first-order valence-corrected chi connectivity index (χ1v) is 9.00. The van der Waals surface area contributed by atoms with Crippen LogP contribution in [0, 0.1) is 0 Å². The predicted molar refractivity (Wildman–Crippen MR) is 103 cm³/mol. The van der Waals surface area contributed by atoms with Gasteiger partial charge in [0.1, 0.15) is 11.4 Å². The number of para-hydroxylation sites is 1. The number of fused-ring (bicyclic) bond motifs is 1. The Balaban J connectivity index is 1.44. The second-order valence-corrected chi connectivity index (χ2v) is 6.32. The monoisotopic (exact) mass is 382 g/mol. The molecule has 0 fully saturated rings. The molecule has 1 N–H and O–H groups in total. The first-order valence-electron chi connectivity index (χ1n) is 9.00. The normalized spacial score (nSPS) is 11.8. The van der Waals surface area contributed by atoms with Gasteiger partial charge in [-0.25, -0.2) is 0 Å². The molecule has 0 bridgehead atoms. The number of nitrogens with one attached hydrogen (secondary N) is 1. The molecule has 0 aliphatic rings. The number of hydrogen-bond acceptors (Lipinski definition) is 6. The van der Waals surface area contributed by atoms with Crippen molar-refractivity contribution in [3.05, 3.63) is 59.8 Å². The van der Waals surface area contributed by atoms with Crippen LogP contribution in [0.5, 0.6) is 5.75 Å². The highest BCUT2D eigenvalue weighted by Gasteiger charge is 2.19. The molecule has 0 spiro atoms. The fraction of sp³-hybridized carbons (Fsp3) is 0.286. The van der Waals surface area contributed by atoms with E-state index in [1.165, 1.54) is 0 Å². The van der Waals surface area contributed by atoms with Crippen LogP contribution < -0.4 is 10.1 Å². The van der Waals surface area contributed by atoms with Crippen molar-refractivity contribution in [2.45, 2.75) is 25.9 Å². The van der Waals surface area contributed by atoms with Crippen LogP contribution in [0.3, 0.4) is 0 Å². The van der Waals surface area contributed by atoms with Gasteiger partial charge in [0.25, 0.3) is 5.91 Å². The van der Waals surface area contributed by atoms with Crippen LogP contribution in [0.4, 0.5) is 0 Å². The van der Waals surface area contributed by atoms with E-state index in [1.54, 1.807) is 20.1 Å². The molecule has 0 saturated heterocycles. The molecule has 1 atom stereocenters. The van der Waals surface area contributed by atoms with E-state index < -0.39 is 12.1 Å². The van der Waals surface area contributed by atoms with Gasteiger partial charge in [-0.2, -0.15) is 0 Å². The highest BCUT2D eigenvalue weighted by atomic mass is 16.5. The third-order valence-electron chi connectivity index (χ3n) is 4.31. The van der Waals surface area contributed by atoms with E-state index in [0.29, 0.717) is 24.2 Å². The van der Waals surface area contributed by atoms with Crippen molar-refractivity contribution in [1.29, 1.82) is 0 Å². The van der Waals surface area contributed by atoms with E-state index in [0.717, 1.165) is 16.7 Å². The van der Waals surface area contributed by atoms with Crippen LogP contribution in [-0.4, -0.2) is 36.8 Å². The van der Waals surface area contributed by atoms with E-state index >= 15 is 0 Å². The SMILES string of the molecule is COc1ccc(CCNC(=O)[C@H](C)OC(=O)Cc2noc3ccccc23)cc1. The molecule has 28 heavy (non-hydrogen) atoms. The van der Waals surface area contributed by atoms with E-state index in [2.05, 4.69) is 10.5 Å². The van der Waals surface area contributed by atoms with Crippen molar-refractivity contribution in [3.63, 3.8) is 0 Å². The number of esters is 1. The zero-order valence-corrected chi connectivity index (χ0v) is 15.8. The van der Waals surface area contributed by atoms with E-state index in [-0.39, 0.29) is 12.3 Å². The van der Waals surface area contributed by atoms with Crippen LogP contribution in [0.2, 0.25) is 0 Å². The number of aromatic nitrogens is 1. The zero-order chi connectivity index (χ0) is 19.9. The second kappa shape index (κ2) is 9.03. The number of carbonyl (C=O) groups is 2. The molecule has 3 aromatic rings. The number of amides is 1. The van der Waals surface area contributed by atoms with Gasteiger partial charge in [0.2, 0.25) is 0 Å². The van der Waals surface area contributed by atoms with Gasteiger partial charge in [0.05, 0.1) is 13.5 Å². The summed E-state index contributed by atoms with van der Waals surface area (Å²) in [5, 5.41) is 7.43. The predicted octanol–water partition coefficient (Wildman–Crippen LogP) is 2.67. The number of ether oxygens (including phenoxy) is 2. The molecule has 0 unspecified atom stereocenters. The fourth-order valence-corrected chi connectivity index (χ4v) is 2.76. The lowest BCUT2D eigenvalue weighted by Gasteiger charge is -2.13. The Morgan fingerprint density at radius 3 is 2.64 bits per heavy atom. The van der Waals surface area contributed by atoms with Crippen LogP contribution in [0.25, 0.3) is 11.0 Å². The van der Waals surface area contributed by atoms with Crippen LogP contribution in [-0.2, 0) is 27.2 Å². The molecule has 7 heteroatoms. The molecule has 0 aliphatic heterocycles. The molecular formula is C21H22N2O5. The van der Waals surface area contributed by atoms with Crippen molar-refractivity contribution in [2.24, 2.45) is 0 Å². The van der Waals surface area contributed by atoms with Gasteiger partial charge in [-0.3, -0.25) is 9.59 Å². The summed E-state index contributed by atoms with van der Waals surface area (Å²) in [5.41, 5.74) is 2.17. The van der Waals surface area contributed by atoms with E-state index in [9.17, 15) is 9.59 Å². The van der Waals surface area contributed by atoms with Crippen LogP contribution in [0.1, 0.15) is 18.2 Å². The maximum Gasteiger partial charge on any atom is 0.312 e. The topological polar surface area (TPSA) is 90.7 Å². The molecule has 1 amide bonds. The highest BCUT2D eigenvalue weighted by Crippen LogP contribution is 2.18.